The van der Waals surface area contributed by atoms with Crippen molar-refractivity contribution in [3.8, 4) is 5.88 Å². The number of rotatable bonds is 6. The quantitative estimate of drug-likeness (QED) is 0.888. The highest BCUT2D eigenvalue weighted by Gasteiger charge is 2.14. The third-order valence-electron chi connectivity index (χ3n) is 3.00. The van der Waals surface area contributed by atoms with Gasteiger partial charge in [-0.05, 0) is 18.1 Å². The minimum absolute atomic E-state index is 0.424. The molecule has 0 amide bonds. The second-order valence-electron chi connectivity index (χ2n) is 4.71. The molecule has 0 saturated heterocycles. The Balaban J connectivity index is 2.19. The first-order valence-electron chi connectivity index (χ1n) is 6.81. The summed E-state index contributed by atoms with van der Waals surface area (Å²) in [6.07, 6.45) is 2.36. The van der Waals surface area contributed by atoms with Crippen LogP contribution in [0.25, 0.3) is 0 Å². The van der Waals surface area contributed by atoms with Crippen molar-refractivity contribution in [2.75, 3.05) is 24.3 Å². The number of nitrogens with two attached hydrogens (primary N) is 1. The number of anilines is 2. The van der Waals surface area contributed by atoms with Crippen molar-refractivity contribution >= 4 is 23.1 Å². The van der Waals surface area contributed by atoms with Crippen molar-refractivity contribution in [2.24, 2.45) is 0 Å². The van der Waals surface area contributed by atoms with E-state index in [4.69, 9.17) is 22.1 Å². The molecule has 2 aromatic rings. The summed E-state index contributed by atoms with van der Waals surface area (Å²) in [5.41, 5.74) is 7.55. The molecule has 0 aliphatic rings. The lowest BCUT2D eigenvalue weighted by molar-refractivity contribution is 0.306. The molecule has 0 aliphatic carbocycles. The fourth-order valence-corrected chi connectivity index (χ4v) is 2.14. The summed E-state index contributed by atoms with van der Waals surface area (Å²) in [5, 5.41) is 0.722. The maximum absolute atomic E-state index is 6.18. The van der Waals surface area contributed by atoms with Gasteiger partial charge in [-0.2, -0.15) is 4.98 Å². The fraction of sp³-hybridized carbons (Fsp3) is 0.333. The lowest BCUT2D eigenvalue weighted by Crippen LogP contribution is -2.20. The predicted molar refractivity (Wildman–Crippen MR) is 85.8 cm³/mol. The lowest BCUT2D eigenvalue weighted by atomic mass is 10.2. The van der Waals surface area contributed by atoms with E-state index in [1.54, 1.807) is 0 Å². The van der Waals surface area contributed by atoms with Gasteiger partial charge in [0.1, 0.15) is 12.0 Å². The van der Waals surface area contributed by atoms with Crippen LogP contribution in [0.2, 0.25) is 5.02 Å². The molecule has 1 aromatic heterocycles. The zero-order chi connectivity index (χ0) is 15.2. The summed E-state index contributed by atoms with van der Waals surface area (Å²) in [6, 6.07) is 7.70. The smallest absolute Gasteiger partial charge is 0.242 e. The summed E-state index contributed by atoms with van der Waals surface area (Å²) >= 11 is 6.18. The third kappa shape index (κ3) is 3.76. The largest absolute Gasteiger partial charge is 0.476 e. The molecule has 0 fully saturated rings. The Morgan fingerprint density at radius 1 is 1.29 bits per heavy atom. The van der Waals surface area contributed by atoms with Crippen molar-refractivity contribution in [1.29, 1.82) is 0 Å². The summed E-state index contributed by atoms with van der Waals surface area (Å²) < 4.78 is 5.52. The van der Waals surface area contributed by atoms with Crippen LogP contribution in [0.3, 0.4) is 0 Å². The van der Waals surface area contributed by atoms with Crippen LogP contribution in [0.5, 0.6) is 5.88 Å². The number of hydrogen-bond donors (Lipinski definition) is 1. The molecular formula is C15H19ClN4O. The Hall–Kier alpha value is -2.01. The van der Waals surface area contributed by atoms with E-state index in [-0.39, 0.29) is 0 Å². The van der Waals surface area contributed by atoms with Crippen molar-refractivity contribution in [3.05, 3.63) is 41.2 Å². The van der Waals surface area contributed by atoms with E-state index in [9.17, 15) is 0 Å². The molecule has 2 N–H and O–H groups in total. The zero-order valence-corrected chi connectivity index (χ0v) is 13.0. The van der Waals surface area contributed by atoms with E-state index in [0.717, 1.165) is 17.0 Å². The number of halogens is 1. The fourth-order valence-electron chi connectivity index (χ4n) is 1.95. The van der Waals surface area contributed by atoms with E-state index in [0.29, 0.717) is 30.5 Å². The molecule has 0 bridgehead atoms. The summed E-state index contributed by atoms with van der Waals surface area (Å²) in [7, 11) is 1.91. The highest BCUT2D eigenvalue weighted by Crippen LogP contribution is 2.29. The van der Waals surface area contributed by atoms with Crippen LogP contribution in [0, 0.1) is 0 Å². The van der Waals surface area contributed by atoms with Crippen molar-refractivity contribution in [3.63, 3.8) is 0 Å². The van der Waals surface area contributed by atoms with Gasteiger partial charge in [0.25, 0.3) is 0 Å². The molecule has 0 atom stereocenters. The van der Waals surface area contributed by atoms with Gasteiger partial charge in [-0.15, -0.1) is 0 Å². The first-order chi connectivity index (χ1) is 10.1. The monoisotopic (exact) mass is 306 g/mol. The van der Waals surface area contributed by atoms with Crippen molar-refractivity contribution < 1.29 is 4.74 Å². The first-order valence-corrected chi connectivity index (χ1v) is 7.19. The van der Waals surface area contributed by atoms with Crippen LogP contribution < -0.4 is 15.4 Å². The van der Waals surface area contributed by atoms with Gasteiger partial charge in [-0.25, -0.2) is 4.98 Å². The van der Waals surface area contributed by atoms with Gasteiger partial charge in [0.2, 0.25) is 5.88 Å². The third-order valence-corrected chi connectivity index (χ3v) is 3.36. The number of ether oxygens (including phenoxy) is 1. The number of nitrogens with zero attached hydrogens (tertiary/aromatic N) is 3. The molecule has 1 aromatic carbocycles. The topological polar surface area (TPSA) is 64.3 Å². The van der Waals surface area contributed by atoms with Gasteiger partial charge in [0.15, 0.2) is 5.82 Å². The van der Waals surface area contributed by atoms with E-state index < -0.39 is 0 Å². The number of hydrogen-bond acceptors (Lipinski definition) is 5. The van der Waals surface area contributed by atoms with Crippen LogP contribution >= 0.6 is 11.6 Å². The highest BCUT2D eigenvalue weighted by molar-refractivity contribution is 6.31. The molecule has 0 unspecified atom stereocenters. The highest BCUT2D eigenvalue weighted by atomic mass is 35.5. The van der Waals surface area contributed by atoms with Crippen molar-refractivity contribution in [1.82, 2.24) is 9.97 Å². The predicted octanol–water partition coefficient (Wildman–Crippen LogP) is 3.14. The zero-order valence-electron chi connectivity index (χ0n) is 12.2. The maximum Gasteiger partial charge on any atom is 0.242 e. The molecule has 0 spiro atoms. The summed E-state index contributed by atoms with van der Waals surface area (Å²) in [6.45, 7) is 3.21. The second kappa shape index (κ2) is 7.13. The minimum Gasteiger partial charge on any atom is -0.476 e. The van der Waals surface area contributed by atoms with Crippen LogP contribution in [0.15, 0.2) is 30.6 Å². The van der Waals surface area contributed by atoms with Crippen LogP contribution in [-0.2, 0) is 6.54 Å². The van der Waals surface area contributed by atoms with Gasteiger partial charge >= 0.3 is 0 Å². The number of nitrogen functional groups attached to an aromatic ring is 1. The number of aromatic nitrogens is 2. The normalized spacial score (nSPS) is 10.4. The van der Waals surface area contributed by atoms with Gasteiger partial charge < -0.3 is 15.4 Å². The second-order valence-corrected chi connectivity index (χ2v) is 5.12. The Bertz CT molecular complexity index is 606. The van der Waals surface area contributed by atoms with Crippen molar-refractivity contribution in [2.45, 2.75) is 19.9 Å². The van der Waals surface area contributed by atoms with Crippen LogP contribution in [0.1, 0.15) is 18.9 Å². The Labute approximate surface area is 129 Å². The Kier molecular flexibility index (Phi) is 5.22. The molecule has 0 radical (unpaired) electrons. The molecule has 6 heteroatoms. The first kappa shape index (κ1) is 15.4. The molecular weight excluding hydrogens is 288 g/mol. The maximum atomic E-state index is 6.18. The van der Waals surface area contributed by atoms with E-state index in [1.807, 2.05) is 43.1 Å². The van der Waals surface area contributed by atoms with Crippen LogP contribution in [0.4, 0.5) is 11.5 Å². The average molecular weight is 307 g/mol. The number of benzene rings is 1. The molecule has 0 saturated carbocycles. The van der Waals surface area contributed by atoms with E-state index in [2.05, 4.69) is 9.97 Å². The SMILES string of the molecule is CCCOc1ncnc(N(C)Cc2ccccc2Cl)c1N. The lowest BCUT2D eigenvalue weighted by Gasteiger charge is -2.21. The molecule has 5 nitrogen and oxygen atoms in total. The molecule has 21 heavy (non-hydrogen) atoms. The summed E-state index contributed by atoms with van der Waals surface area (Å²) in [5.74, 6) is 1.06. The molecule has 2 rings (SSSR count). The summed E-state index contributed by atoms with van der Waals surface area (Å²) in [4.78, 5) is 10.2. The van der Waals surface area contributed by atoms with Gasteiger partial charge in [0, 0.05) is 18.6 Å². The molecule has 1 heterocycles. The Morgan fingerprint density at radius 3 is 2.76 bits per heavy atom. The van der Waals surface area contributed by atoms with E-state index in [1.165, 1.54) is 6.33 Å². The molecule has 112 valence electrons. The van der Waals surface area contributed by atoms with Gasteiger partial charge in [0.05, 0.1) is 6.61 Å². The minimum atomic E-state index is 0.424. The van der Waals surface area contributed by atoms with E-state index >= 15 is 0 Å². The van der Waals surface area contributed by atoms with Crippen LogP contribution in [-0.4, -0.2) is 23.6 Å². The standard InChI is InChI=1S/C15H19ClN4O/c1-3-8-21-15-13(17)14(18-10-19-15)20(2)9-11-6-4-5-7-12(11)16/h4-7,10H,3,8-9,17H2,1-2H3. The Morgan fingerprint density at radius 2 is 2.05 bits per heavy atom. The molecule has 0 aliphatic heterocycles. The van der Waals surface area contributed by atoms with Gasteiger partial charge in [-0.3, -0.25) is 0 Å². The van der Waals surface area contributed by atoms with Gasteiger partial charge in [-0.1, -0.05) is 36.7 Å². The average Bonchev–Trinajstić information content (AvgIpc) is 2.48.